The van der Waals surface area contributed by atoms with Gasteiger partial charge in [-0.05, 0) is 24.1 Å². The molecule has 2 rings (SSSR count). The summed E-state index contributed by atoms with van der Waals surface area (Å²) in [5.74, 6) is 0. The van der Waals surface area contributed by atoms with Crippen LogP contribution < -0.4 is 5.73 Å². The molecule has 1 aromatic rings. The molecule has 0 aliphatic heterocycles. The van der Waals surface area contributed by atoms with Crippen LogP contribution in [-0.2, 0) is 0 Å². The zero-order chi connectivity index (χ0) is 10.9. The number of allylic oxidation sites excluding steroid dienone is 2. The second-order valence-corrected chi connectivity index (χ2v) is 4.13. The first-order chi connectivity index (χ1) is 7.09. The predicted molar refractivity (Wildman–Crippen MR) is 62.2 cm³/mol. The van der Waals surface area contributed by atoms with Crippen LogP contribution in [0.2, 0.25) is 0 Å². The first-order valence-electron chi connectivity index (χ1n) is 5.03. The molecule has 0 spiro atoms. The third-order valence-corrected chi connectivity index (χ3v) is 2.70. The summed E-state index contributed by atoms with van der Waals surface area (Å²) in [4.78, 5) is 0. The Morgan fingerprint density at radius 3 is 2.53 bits per heavy atom. The van der Waals surface area contributed by atoms with E-state index in [2.05, 4.69) is 0 Å². The van der Waals surface area contributed by atoms with E-state index in [0.29, 0.717) is 0 Å². The van der Waals surface area contributed by atoms with E-state index in [4.69, 9.17) is 5.73 Å². The molecule has 0 saturated heterocycles. The normalized spacial score (nSPS) is 30.1. The lowest BCUT2D eigenvalue weighted by Gasteiger charge is -2.28. The molecule has 2 heteroatoms. The van der Waals surface area contributed by atoms with E-state index >= 15 is 0 Å². The second kappa shape index (κ2) is 3.65. The number of nitrogens with two attached hydrogens (primary N) is 1. The summed E-state index contributed by atoms with van der Waals surface area (Å²) in [5.41, 5.74) is 7.35. The Kier molecular flexibility index (Phi) is 2.47. The maximum absolute atomic E-state index is 9.82. The van der Waals surface area contributed by atoms with Crippen LogP contribution in [0.1, 0.15) is 12.5 Å². The zero-order valence-corrected chi connectivity index (χ0v) is 8.72. The van der Waals surface area contributed by atoms with Gasteiger partial charge in [-0.15, -0.1) is 0 Å². The Morgan fingerprint density at radius 1 is 1.27 bits per heavy atom. The maximum Gasteiger partial charge on any atom is 0.0942 e. The van der Waals surface area contributed by atoms with Crippen molar-refractivity contribution in [3.63, 3.8) is 0 Å². The molecule has 1 aliphatic carbocycles. The highest BCUT2D eigenvalue weighted by atomic mass is 16.3. The summed E-state index contributed by atoms with van der Waals surface area (Å²) in [6.07, 6.45) is 4.98. The van der Waals surface area contributed by atoms with Crippen LogP contribution >= 0.6 is 0 Å². The van der Waals surface area contributed by atoms with Gasteiger partial charge in [0.1, 0.15) is 0 Å². The van der Waals surface area contributed by atoms with Gasteiger partial charge < -0.3 is 10.8 Å². The lowest BCUT2D eigenvalue weighted by Crippen LogP contribution is -2.46. The van der Waals surface area contributed by atoms with Crippen molar-refractivity contribution in [3.8, 4) is 0 Å². The van der Waals surface area contributed by atoms with Crippen LogP contribution in [0, 0.1) is 0 Å². The van der Waals surface area contributed by atoms with Crippen molar-refractivity contribution >= 4 is 5.57 Å². The zero-order valence-electron chi connectivity index (χ0n) is 8.72. The van der Waals surface area contributed by atoms with E-state index in [1.807, 2.05) is 49.4 Å². The first-order valence-corrected chi connectivity index (χ1v) is 5.03. The highest BCUT2D eigenvalue weighted by molar-refractivity contribution is 5.76. The molecule has 0 fully saturated rings. The van der Waals surface area contributed by atoms with Gasteiger partial charge in [0.15, 0.2) is 0 Å². The fourth-order valence-corrected chi connectivity index (χ4v) is 1.60. The molecule has 0 aromatic heterocycles. The molecule has 0 heterocycles. The molecule has 0 radical (unpaired) electrons. The largest absolute Gasteiger partial charge is 0.387 e. The lowest BCUT2D eigenvalue weighted by molar-refractivity contribution is 0.163. The number of hydrogen-bond donors (Lipinski definition) is 2. The van der Waals surface area contributed by atoms with E-state index in [9.17, 15) is 5.11 Å². The van der Waals surface area contributed by atoms with E-state index in [-0.39, 0.29) is 0 Å². The standard InChI is InChI=1S/C13H15NO/c1-13(14)8-7-11(9-12(13)15)10-5-3-2-4-6-10/h2-9,12,15H,14H2,1H3. The molecule has 1 aliphatic rings. The molecule has 1 aromatic carbocycles. The van der Waals surface area contributed by atoms with Gasteiger partial charge in [0, 0.05) is 0 Å². The number of benzene rings is 1. The highest BCUT2D eigenvalue weighted by Crippen LogP contribution is 2.25. The molecule has 2 atom stereocenters. The molecule has 0 bridgehead atoms. The number of aliphatic hydroxyl groups excluding tert-OH is 1. The van der Waals surface area contributed by atoms with Crippen LogP contribution in [0.3, 0.4) is 0 Å². The smallest absolute Gasteiger partial charge is 0.0942 e. The summed E-state index contributed by atoms with van der Waals surface area (Å²) in [7, 11) is 0. The summed E-state index contributed by atoms with van der Waals surface area (Å²) in [5, 5.41) is 9.82. The average Bonchev–Trinajstić information content (AvgIpc) is 2.23. The Bertz CT molecular complexity index is 404. The average molecular weight is 201 g/mol. The van der Waals surface area contributed by atoms with Gasteiger partial charge in [0.2, 0.25) is 0 Å². The van der Waals surface area contributed by atoms with Crippen molar-refractivity contribution in [1.29, 1.82) is 0 Å². The van der Waals surface area contributed by atoms with Crippen molar-refractivity contribution in [2.75, 3.05) is 0 Å². The fraction of sp³-hybridized carbons (Fsp3) is 0.231. The van der Waals surface area contributed by atoms with Gasteiger partial charge >= 0.3 is 0 Å². The van der Waals surface area contributed by atoms with E-state index < -0.39 is 11.6 Å². The van der Waals surface area contributed by atoms with E-state index in [1.54, 1.807) is 6.08 Å². The van der Waals surface area contributed by atoms with Crippen LogP contribution in [-0.4, -0.2) is 16.7 Å². The van der Waals surface area contributed by atoms with Gasteiger partial charge in [-0.3, -0.25) is 0 Å². The third-order valence-electron chi connectivity index (χ3n) is 2.70. The SMILES string of the molecule is CC1(N)C=CC(c2ccccc2)=CC1O. The molecule has 0 saturated carbocycles. The van der Waals surface area contributed by atoms with Crippen molar-refractivity contribution in [2.24, 2.45) is 5.73 Å². The van der Waals surface area contributed by atoms with Crippen molar-refractivity contribution in [2.45, 2.75) is 18.6 Å². The Labute approximate surface area is 89.7 Å². The van der Waals surface area contributed by atoms with Gasteiger partial charge in [0.05, 0.1) is 11.6 Å². The lowest BCUT2D eigenvalue weighted by atomic mass is 9.87. The summed E-state index contributed by atoms with van der Waals surface area (Å²) >= 11 is 0. The van der Waals surface area contributed by atoms with Crippen LogP contribution in [0.4, 0.5) is 0 Å². The van der Waals surface area contributed by atoms with Gasteiger partial charge in [0.25, 0.3) is 0 Å². The first kappa shape index (κ1) is 10.1. The molecular formula is C13H15NO. The topological polar surface area (TPSA) is 46.2 Å². The van der Waals surface area contributed by atoms with Crippen molar-refractivity contribution in [3.05, 3.63) is 54.1 Å². The van der Waals surface area contributed by atoms with Crippen LogP contribution in [0.25, 0.3) is 5.57 Å². The number of rotatable bonds is 1. The molecule has 3 N–H and O–H groups in total. The van der Waals surface area contributed by atoms with Crippen molar-refractivity contribution < 1.29 is 5.11 Å². The van der Waals surface area contributed by atoms with E-state index in [1.165, 1.54) is 0 Å². The molecule has 2 nitrogen and oxygen atoms in total. The Balaban J connectivity index is 2.32. The molecular weight excluding hydrogens is 186 g/mol. The van der Waals surface area contributed by atoms with Gasteiger partial charge in [-0.1, -0.05) is 42.5 Å². The minimum Gasteiger partial charge on any atom is -0.387 e. The Hall–Kier alpha value is -1.38. The minimum absolute atomic E-state index is 0.627. The fourth-order valence-electron chi connectivity index (χ4n) is 1.60. The highest BCUT2D eigenvalue weighted by Gasteiger charge is 2.26. The van der Waals surface area contributed by atoms with E-state index in [0.717, 1.165) is 11.1 Å². The molecule has 15 heavy (non-hydrogen) atoms. The quantitative estimate of drug-likeness (QED) is 0.726. The van der Waals surface area contributed by atoms with Gasteiger partial charge in [-0.25, -0.2) is 0 Å². The maximum atomic E-state index is 9.82. The summed E-state index contributed by atoms with van der Waals surface area (Å²) < 4.78 is 0. The molecule has 2 unspecified atom stereocenters. The third kappa shape index (κ3) is 2.01. The Morgan fingerprint density at radius 2 is 1.93 bits per heavy atom. The summed E-state index contributed by atoms with van der Waals surface area (Å²) in [6, 6.07) is 9.96. The second-order valence-electron chi connectivity index (χ2n) is 4.13. The van der Waals surface area contributed by atoms with Crippen LogP contribution in [0.5, 0.6) is 0 Å². The number of hydrogen-bond acceptors (Lipinski definition) is 2. The monoisotopic (exact) mass is 201 g/mol. The molecule has 78 valence electrons. The number of aliphatic hydroxyl groups is 1. The minimum atomic E-state index is -0.654. The van der Waals surface area contributed by atoms with Gasteiger partial charge in [-0.2, -0.15) is 0 Å². The summed E-state index contributed by atoms with van der Waals surface area (Å²) in [6.45, 7) is 1.81. The van der Waals surface area contributed by atoms with Crippen LogP contribution in [0.15, 0.2) is 48.6 Å². The predicted octanol–water partition coefficient (Wildman–Crippen LogP) is 1.72. The van der Waals surface area contributed by atoms with Crippen molar-refractivity contribution in [1.82, 2.24) is 0 Å². The molecule has 0 amide bonds.